The van der Waals surface area contributed by atoms with Gasteiger partial charge in [-0.25, -0.2) is 14.1 Å². The van der Waals surface area contributed by atoms with Crippen molar-refractivity contribution in [1.29, 1.82) is 0 Å². The molecule has 2 atom stereocenters. The lowest BCUT2D eigenvalue weighted by Gasteiger charge is -2.27. The van der Waals surface area contributed by atoms with E-state index in [2.05, 4.69) is 27.8 Å². The van der Waals surface area contributed by atoms with Crippen LogP contribution >= 0.6 is 11.3 Å². The van der Waals surface area contributed by atoms with Crippen molar-refractivity contribution in [2.24, 2.45) is 5.92 Å². The molecule has 1 fully saturated rings. The fraction of sp³-hybridized carbons (Fsp3) is 0.412. The van der Waals surface area contributed by atoms with Gasteiger partial charge in [-0.05, 0) is 48.0 Å². The molecule has 3 aromatic rings. The highest BCUT2D eigenvalue weighted by Gasteiger charge is 2.25. The van der Waals surface area contributed by atoms with Gasteiger partial charge in [0.15, 0.2) is 11.6 Å². The molecule has 1 aromatic carbocycles. The number of nitrogens with zero attached hydrogens (tertiary/aromatic N) is 5. The first kappa shape index (κ1) is 17.0. The summed E-state index contributed by atoms with van der Waals surface area (Å²) in [5.41, 5.74) is 1.37. The largest absolute Gasteiger partial charge is 0.484 e. The first-order chi connectivity index (χ1) is 12.7. The fourth-order valence-electron chi connectivity index (χ4n) is 3.12. The number of tetrazole rings is 1. The summed E-state index contributed by atoms with van der Waals surface area (Å²) >= 11 is 1.66. The molecule has 26 heavy (non-hydrogen) atoms. The molecule has 2 aromatic heterocycles. The predicted octanol–water partition coefficient (Wildman–Crippen LogP) is 2.55. The first-order valence-electron chi connectivity index (χ1n) is 8.51. The Bertz CT molecular complexity index is 868. The summed E-state index contributed by atoms with van der Waals surface area (Å²) < 4.78 is 21.3. The summed E-state index contributed by atoms with van der Waals surface area (Å²) in [4.78, 5) is 4.70. The van der Waals surface area contributed by atoms with Gasteiger partial charge in [-0.2, -0.15) is 0 Å². The van der Waals surface area contributed by atoms with Crippen LogP contribution in [-0.2, 0) is 6.61 Å². The molecule has 0 aliphatic carbocycles. The SMILES string of the molecule is CC1CNCCC1c1nc(COc2ccc(-n3cnnn3)cc2F)cs1. The Morgan fingerprint density at radius 3 is 3.12 bits per heavy atom. The van der Waals surface area contributed by atoms with Crippen LogP contribution in [0.5, 0.6) is 5.75 Å². The quantitative estimate of drug-likeness (QED) is 0.740. The zero-order valence-electron chi connectivity index (χ0n) is 14.3. The molecule has 1 N–H and O–H groups in total. The molecule has 4 rings (SSSR count). The monoisotopic (exact) mass is 374 g/mol. The standard InChI is InChI=1S/C17H19FN6OS/c1-11-7-19-5-4-14(11)17-21-12(9-26-17)8-25-16-3-2-13(6-15(16)18)24-10-20-22-23-24/h2-3,6,9-11,14,19H,4-5,7-8H2,1H3. The molecule has 0 saturated carbocycles. The van der Waals surface area contributed by atoms with E-state index in [-0.39, 0.29) is 12.4 Å². The fourth-order valence-corrected chi connectivity index (χ4v) is 4.19. The summed E-state index contributed by atoms with van der Waals surface area (Å²) in [6, 6.07) is 4.63. The number of hydrogen-bond acceptors (Lipinski definition) is 7. The Hall–Kier alpha value is -2.39. The molecule has 3 heterocycles. The average Bonchev–Trinajstić information content (AvgIpc) is 3.33. The molecule has 0 radical (unpaired) electrons. The highest BCUT2D eigenvalue weighted by molar-refractivity contribution is 7.09. The van der Waals surface area contributed by atoms with Crippen molar-refractivity contribution in [3.05, 3.63) is 46.4 Å². The number of rotatable bonds is 5. The Morgan fingerprint density at radius 1 is 1.42 bits per heavy atom. The van der Waals surface area contributed by atoms with Crippen molar-refractivity contribution in [3.63, 3.8) is 0 Å². The normalized spacial score (nSPS) is 20.2. The summed E-state index contributed by atoms with van der Waals surface area (Å²) in [5.74, 6) is 0.786. The maximum atomic E-state index is 14.3. The molecule has 1 saturated heterocycles. The van der Waals surface area contributed by atoms with Crippen LogP contribution in [0.1, 0.15) is 30.0 Å². The third-order valence-electron chi connectivity index (χ3n) is 4.58. The van der Waals surface area contributed by atoms with Crippen molar-refractivity contribution < 1.29 is 9.13 Å². The van der Waals surface area contributed by atoms with Gasteiger partial charge in [-0.15, -0.1) is 16.4 Å². The smallest absolute Gasteiger partial charge is 0.167 e. The highest BCUT2D eigenvalue weighted by Crippen LogP contribution is 2.32. The number of piperidine rings is 1. The minimum atomic E-state index is -0.458. The van der Waals surface area contributed by atoms with Gasteiger partial charge < -0.3 is 10.1 Å². The van der Waals surface area contributed by atoms with E-state index >= 15 is 0 Å². The molecular formula is C17H19FN6OS. The van der Waals surface area contributed by atoms with E-state index in [1.54, 1.807) is 23.5 Å². The molecule has 0 bridgehead atoms. The summed E-state index contributed by atoms with van der Waals surface area (Å²) in [6.45, 7) is 4.54. The molecule has 0 amide bonds. The maximum Gasteiger partial charge on any atom is 0.167 e. The summed E-state index contributed by atoms with van der Waals surface area (Å²) in [6.07, 6.45) is 2.51. The van der Waals surface area contributed by atoms with Crippen molar-refractivity contribution in [2.75, 3.05) is 13.1 Å². The van der Waals surface area contributed by atoms with Gasteiger partial charge >= 0.3 is 0 Å². The second-order valence-corrected chi connectivity index (χ2v) is 7.30. The van der Waals surface area contributed by atoms with Gasteiger partial charge in [-0.1, -0.05) is 6.92 Å². The minimum absolute atomic E-state index is 0.187. The molecule has 2 unspecified atom stereocenters. The van der Waals surface area contributed by atoms with Crippen LogP contribution in [0.4, 0.5) is 4.39 Å². The Morgan fingerprint density at radius 2 is 2.35 bits per heavy atom. The van der Waals surface area contributed by atoms with Crippen LogP contribution in [0.15, 0.2) is 29.9 Å². The van der Waals surface area contributed by atoms with E-state index in [1.165, 1.54) is 17.1 Å². The topological polar surface area (TPSA) is 77.8 Å². The number of nitrogens with one attached hydrogen (secondary N) is 1. The molecule has 136 valence electrons. The van der Waals surface area contributed by atoms with Gasteiger partial charge in [0.2, 0.25) is 0 Å². The minimum Gasteiger partial charge on any atom is -0.484 e. The maximum absolute atomic E-state index is 14.3. The lowest BCUT2D eigenvalue weighted by molar-refractivity contribution is 0.285. The zero-order valence-corrected chi connectivity index (χ0v) is 15.1. The predicted molar refractivity (Wildman–Crippen MR) is 94.9 cm³/mol. The molecular weight excluding hydrogens is 355 g/mol. The van der Waals surface area contributed by atoms with Crippen molar-refractivity contribution in [1.82, 2.24) is 30.5 Å². The van der Waals surface area contributed by atoms with Crippen LogP contribution < -0.4 is 10.1 Å². The van der Waals surface area contributed by atoms with E-state index in [0.29, 0.717) is 17.5 Å². The van der Waals surface area contributed by atoms with E-state index in [9.17, 15) is 4.39 Å². The average molecular weight is 374 g/mol. The van der Waals surface area contributed by atoms with Gasteiger partial charge in [0, 0.05) is 17.4 Å². The van der Waals surface area contributed by atoms with E-state index in [0.717, 1.165) is 30.2 Å². The second-order valence-electron chi connectivity index (χ2n) is 6.41. The Kier molecular flexibility index (Phi) is 4.89. The van der Waals surface area contributed by atoms with E-state index in [1.807, 2.05) is 5.38 Å². The first-order valence-corrected chi connectivity index (χ1v) is 9.39. The van der Waals surface area contributed by atoms with Gasteiger partial charge in [0.05, 0.1) is 16.4 Å². The van der Waals surface area contributed by atoms with Crippen LogP contribution in [0, 0.1) is 11.7 Å². The van der Waals surface area contributed by atoms with Crippen LogP contribution in [-0.4, -0.2) is 38.3 Å². The van der Waals surface area contributed by atoms with Gasteiger partial charge in [0.25, 0.3) is 0 Å². The van der Waals surface area contributed by atoms with Crippen molar-refractivity contribution in [3.8, 4) is 11.4 Å². The third kappa shape index (κ3) is 3.58. The van der Waals surface area contributed by atoms with E-state index in [4.69, 9.17) is 9.72 Å². The van der Waals surface area contributed by atoms with Crippen LogP contribution in [0.3, 0.4) is 0 Å². The lowest BCUT2D eigenvalue weighted by Crippen LogP contribution is -2.33. The Labute approximate surface area is 154 Å². The molecule has 7 nitrogen and oxygen atoms in total. The molecule has 0 spiro atoms. The molecule has 1 aliphatic heterocycles. The van der Waals surface area contributed by atoms with Crippen LogP contribution in [0.2, 0.25) is 0 Å². The lowest BCUT2D eigenvalue weighted by atomic mass is 9.88. The van der Waals surface area contributed by atoms with Gasteiger partial charge in [0.1, 0.15) is 12.9 Å². The molecule has 9 heteroatoms. The number of halogens is 1. The van der Waals surface area contributed by atoms with Crippen LogP contribution in [0.25, 0.3) is 5.69 Å². The number of thiazole rings is 1. The number of ether oxygens (including phenoxy) is 1. The zero-order chi connectivity index (χ0) is 17.9. The molecule has 1 aliphatic rings. The number of hydrogen-bond donors (Lipinski definition) is 1. The summed E-state index contributed by atoms with van der Waals surface area (Å²) in [7, 11) is 0. The Balaban J connectivity index is 1.41. The van der Waals surface area contributed by atoms with E-state index < -0.39 is 5.82 Å². The third-order valence-corrected chi connectivity index (χ3v) is 5.60. The number of aromatic nitrogens is 5. The summed E-state index contributed by atoms with van der Waals surface area (Å²) in [5, 5.41) is 17.4. The second kappa shape index (κ2) is 7.46. The van der Waals surface area contributed by atoms with Crippen molar-refractivity contribution in [2.45, 2.75) is 25.9 Å². The number of benzene rings is 1. The van der Waals surface area contributed by atoms with Crippen molar-refractivity contribution >= 4 is 11.3 Å². The highest BCUT2D eigenvalue weighted by atomic mass is 32.1. The van der Waals surface area contributed by atoms with Gasteiger partial charge in [-0.3, -0.25) is 0 Å².